The average molecular weight is 230 g/mol. The molecule has 0 aromatic heterocycles. The van der Waals surface area contributed by atoms with Crippen molar-refractivity contribution in [3.63, 3.8) is 0 Å². The Balaban J connectivity index is 2.78. The molecule has 1 nitrogen and oxygen atoms in total. The van der Waals surface area contributed by atoms with Gasteiger partial charge in [0.05, 0.1) is 5.02 Å². The van der Waals surface area contributed by atoms with Gasteiger partial charge in [0, 0.05) is 0 Å². The van der Waals surface area contributed by atoms with Crippen LogP contribution >= 0.6 is 11.6 Å². The number of aryl methyl sites for hydroxylation is 1. The zero-order chi connectivity index (χ0) is 11.4. The normalized spacial score (nSPS) is 12.9. The zero-order valence-electron chi connectivity index (χ0n) is 9.19. The zero-order valence-corrected chi connectivity index (χ0v) is 9.94. The summed E-state index contributed by atoms with van der Waals surface area (Å²) < 4.78 is 13.3. The van der Waals surface area contributed by atoms with Crippen molar-refractivity contribution in [3.8, 4) is 0 Å². The highest BCUT2D eigenvalue weighted by atomic mass is 35.5. The van der Waals surface area contributed by atoms with Crippen molar-refractivity contribution in [3.05, 3.63) is 34.1 Å². The summed E-state index contributed by atoms with van der Waals surface area (Å²) >= 11 is 5.75. The predicted molar refractivity (Wildman–Crippen MR) is 62.7 cm³/mol. The minimum Gasteiger partial charge on any atom is -0.330 e. The number of benzene rings is 1. The molecule has 1 unspecified atom stereocenters. The Bertz CT molecular complexity index is 315. The van der Waals surface area contributed by atoms with Gasteiger partial charge >= 0.3 is 0 Å². The third kappa shape index (κ3) is 3.47. The molecule has 0 spiro atoms. The average Bonchev–Trinajstić information content (AvgIpc) is 2.14. The first-order chi connectivity index (χ1) is 7.04. The Labute approximate surface area is 95.4 Å². The van der Waals surface area contributed by atoms with Gasteiger partial charge in [-0.25, -0.2) is 4.39 Å². The summed E-state index contributed by atoms with van der Waals surface area (Å²) in [5, 5.41) is 0.227. The fourth-order valence-electron chi connectivity index (χ4n) is 1.70. The van der Waals surface area contributed by atoms with Gasteiger partial charge in [0.25, 0.3) is 0 Å². The summed E-state index contributed by atoms with van der Waals surface area (Å²) in [4.78, 5) is 0. The molecule has 3 heteroatoms. The summed E-state index contributed by atoms with van der Waals surface area (Å²) in [6.45, 7) is 4.62. The summed E-state index contributed by atoms with van der Waals surface area (Å²) in [5.41, 5.74) is 7.27. The molecule has 1 aromatic rings. The number of nitrogens with two attached hydrogens (primary N) is 1. The standard InChI is InChI=1S/C12H17ClFN/c1-8(3-4-15)5-10-6-9(2)12(13)11(14)7-10/h6-8H,3-5,15H2,1-2H3. The molecular weight excluding hydrogens is 213 g/mol. The summed E-state index contributed by atoms with van der Waals surface area (Å²) in [7, 11) is 0. The van der Waals surface area contributed by atoms with Crippen molar-refractivity contribution in [1.29, 1.82) is 0 Å². The Morgan fingerprint density at radius 3 is 2.67 bits per heavy atom. The van der Waals surface area contributed by atoms with Crippen molar-refractivity contribution in [1.82, 2.24) is 0 Å². The van der Waals surface area contributed by atoms with Gasteiger partial charge in [0.15, 0.2) is 0 Å². The van der Waals surface area contributed by atoms with Gasteiger partial charge < -0.3 is 5.73 Å². The molecule has 0 heterocycles. The molecule has 0 aliphatic heterocycles. The lowest BCUT2D eigenvalue weighted by Gasteiger charge is -2.11. The molecule has 0 saturated heterocycles. The maximum Gasteiger partial charge on any atom is 0.142 e. The van der Waals surface area contributed by atoms with Gasteiger partial charge in [0.1, 0.15) is 5.82 Å². The molecule has 0 bridgehead atoms. The van der Waals surface area contributed by atoms with Crippen LogP contribution in [0.15, 0.2) is 12.1 Å². The molecule has 0 saturated carbocycles. The van der Waals surface area contributed by atoms with Crippen molar-refractivity contribution >= 4 is 11.6 Å². The number of rotatable bonds is 4. The van der Waals surface area contributed by atoms with E-state index in [4.69, 9.17) is 17.3 Å². The van der Waals surface area contributed by atoms with Crippen molar-refractivity contribution in [2.75, 3.05) is 6.54 Å². The highest BCUT2D eigenvalue weighted by Gasteiger charge is 2.08. The van der Waals surface area contributed by atoms with Crippen LogP contribution in [0.4, 0.5) is 4.39 Å². The topological polar surface area (TPSA) is 26.0 Å². The number of hydrogen-bond donors (Lipinski definition) is 1. The van der Waals surface area contributed by atoms with Gasteiger partial charge in [-0.05, 0) is 49.4 Å². The fourth-order valence-corrected chi connectivity index (χ4v) is 1.81. The second kappa shape index (κ2) is 5.47. The van der Waals surface area contributed by atoms with E-state index in [0.29, 0.717) is 12.5 Å². The smallest absolute Gasteiger partial charge is 0.142 e. The van der Waals surface area contributed by atoms with E-state index in [9.17, 15) is 4.39 Å². The lowest BCUT2D eigenvalue weighted by Crippen LogP contribution is -2.08. The minimum absolute atomic E-state index is 0.227. The van der Waals surface area contributed by atoms with E-state index in [1.165, 1.54) is 6.07 Å². The maximum atomic E-state index is 13.3. The largest absolute Gasteiger partial charge is 0.330 e. The van der Waals surface area contributed by atoms with E-state index < -0.39 is 0 Å². The van der Waals surface area contributed by atoms with Crippen LogP contribution < -0.4 is 5.73 Å². The van der Waals surface area contributed by atoms with Crippen LogP contribution in [0.2, 0.25) is 5.02 Å². The lowest BCUT2D eigenvalue weighted by molar-refractivity contribution is 0.535. The molecule has 0 aliphatic rings. The van der Waals surface area contributed by atoms with Crippen LogP contribution in [-0.4, -0.2) is 6.54 Å². The van der Waals surface area contributed by atoms with Gasteiger partial charge in [-0.2, -0.15) is 0 Å². The Morgan fingerprint density at radius 2 is 2.13 bits per heavy atom. The molecule has 15 heavy (non-hydrogen) atoms. The Hall–Kier alpha value is -0.600. The van der Waals surface area contributed by atoms with Crippen LogP contribution in [0, 0.1) is 18.7 Å². The first-order valence-corrected chi connectivity index (χ1v) is 5.57. The van der Waals surface area contributed by atoms with Gasteiger partial charge in [-0.3, -0.25) is 0 Å². The van der Waals surface area contributed by atoms with Crippen molar-refractivity contribution in [2.24, 2.45) is 11.7 Å². The maximum absolute atomic E-state index is 13.3. The van der Waals surface area contributed by atoms with Crippen molar-refractivity contribution in [2.45, 2.75) is 26.7 Å². The predicted octanol–water partition coefficient (Wildman–Crippen LogP) is 3.31. The van der Waals surface area contributed by atoms with E-state index in [1.54, 1.807) is 0 Å². The van der Waals surface area contributed by atoms with E-state index in [-0.39, 0.29) is 10.8 Å². The number of halogens is 2. The van der Waals surface area contributed by atoms with Crippen LogP contribution in [0.25, 0.3) is 0 Å². The Kier molecular flexibility index (Phi) is 4.55. The molecule has 1 atom stereocenters. The van der Waals surface area contributed by atoms with E-state index in [1.807, 2.05) is 13.0 Å². The SMILES string of the molecule is Cc1cc(CC(C)CCN)cc(F)c1Cl. The molecule has 1 aromatic carbocycles. The summed E-state index contributed by atoms with van der Waals surface area (Å²) in [6, 6.07) is 3.46. The van der Waals surface area contributed by atoms with Gasteiger partial charge in [0.2, 0.25) is 0 Å². The third-order valence-corrected chi connectivity index (χ3v) is 2.99. The third-order valence-electron chi connectivity index (χ3n) is 2.51. The minimum atomic E-state index is -0.327. The van der Waals surface area contributed by atoms with Gasteiger partial charge in [-0.15, -0.1) is 0 Å². The van der Waals surface area contributed by atoms with Crippen LogP contribution in [0.3, 0.4) is 0 Å². The summed E-state index contributed by atoms with van der Waals surface area (Å²) in [5.74, 6) is 0.154. The Morgan fingerprint density at radius 1 is 1.47 bits per heavy atom. The van der Waals surface area contributed by atoms with Crippen LogP contribution in [-0.2, 0) is 6.42 Å². The first kappa shape index (κ1) is 12.5. The fraction of sp³-hybridized carbons (Fsp3) is 0.500. The molecule has 84 valence electrons. The van der Waals surface area contributed by atoms with Crippen LogP contribution in [0.1, 0.15) is 24.5 Å². The molecule has 1 rings (SSSR count). The number of hydrogen-bond acceptors (Lipinski definition) is 1. The van der Waals surface area contributed by atoms with Crippen molar-refractivity contribution < 1.29 is 4.39 Å². The van der Waals surface area contributed by atoms with E-state index in [0.717, 1.165) is 24.0 Å². The lowest BCUT2D eigenvalue weighted by atomic mass is 9.97. The molecule has 0 fully saturated rings. The van der Waals surface area contributed by atoms with E-state index >= 15 is 0 Å². The quantitative estimate of drug-likeness (QED) is 0.842. The van der Waals surface area contributed by atoms with Crippen LogP contribution in [0.5, 0.6) is 0 Å². The molecule has 0 radical (unpaired) electrons. The molecule has 2 N–H and O–H groups in total. The van der Waals surface area contributed by atoms with Gasteiger partial charge in [-0.1, -0.05) is 24.6 Å². The molecule has 0 amide bonds. The molecular formula is C12H17ClFN. The highest BCUT2D eigenvalue weighted by Crippen LogP contribution is 2.23. The highest BCUT2D eigenvalue weighted by molar-refractivity contribution is 6.31. The second-order valence-corrected chi connectivity index (χ2v) is 4.47. The monoisotopic (exact) mass is 229 g/mol. The molecule has 0 aliphatic carbocycles. The summed E-state index contributed by atoms with van der Waals surface area (Å²) in [6.07, 6.45) is 1.81. The van der Waals surface area contributed by atoms with E-state index in [2.05, 4.69) is 6.92 Å². The first-order valence-electron chi connectivity index (χ1n) is 5.19. The second-order valence-electron chi connectivity index (χ2n) is 4.10.